The van der Waals surface area contributed by atoms with E-state index in [0.29, 0.717) is 38.3 Å². The lowest BCUT2D eigenvalue weighted by atomic mass is 9.68. The molecule has 7 nitrogen and oxygen atoms in total. The minimum absolute atomic E-state index is 0.344. The number of carbonyl (C=O) groups is 2. The maximum absolute atomic E-state index is 13.5. The van der Waals surface area contributed by atoms with E-state index >= 15 is 0 Å². The fourth-order valence-electron chi connectivity index (χ4n) is 4.42. The molecule has 1 spiro atoms. The first kappa shape index (κ1) is 21.8. The summed E-state index contributed by atoms with van der Waals surface area (Å²) in [6, 6.07) is 0.507. The molecular weight excluding hydrogens is 382 g/mol. The Bertz CT molecular complexity index is 654. The summed E-state index contributed by atoms with van der Waals surface area (Å²) in [5.41, 5.74) is -0.651. The molecular formula is C20H30F2N4O3. The molecule has 9 heteroatoms. The summed E-state index contributed by atoms with van der Waals surface area (Å²) < 4.78 is 27.1. The van der Waals surface area contributed by atoms with Crippen LogP contribution in [0.25, 0.3) is 0 Å². The summed E-state index contributed by atoms with van der Waals surface area (Å²) in [6.07, 6.45) is 7.25. The predicted molar refractivity (Wildman–Crippen MR) is 101 cm³/mol. The van der Waals surface area contributed by atoms with Crippen molar-refractivity contribution >= 4 is 12.0 Å². The summed E-state index contributed by atoms with van der Waals surface area (Å²) in [6.45, 7) is 1.89. The van der Waals surface area contributed by atoms with Crippen LogP contribution >= 0.6 is 0 Å². The van der Waals surface area contributed by atoms with Crippen molar-refractivity contribution in [2.45, 2.75) is 88.6 Å². The van der Waals surface area contributed by atoms with Gasteiger partial charge in [-0.15, -0.1) is 5.06 Å². The SMILES string of the molecule is CC(F)(F)C[C@H](NC(=O)ON1CCC2(CCCCC2)CC1)C(=O)NC1(C#N)CC1. The molecule has 1 heterocycles. The Balaban J connectivity index is 1.51. The van der Waals surface area contributed by atoms with Gasteiger partial charge in [0.05, 0.1) is 6.07 Å². The summed E-state index contributed by atoms with van der Waals surface area (Å²) in [5.74, 6) is -3.95. The van der Waals surface area contributed by atoms with Crippen LogP contribution in [-0.4, -0.2) is 47.7 Å². The second kappa shape index (κ2) is 8.42. The molecule has 3 rings (SSSR count). The average molecular weight is 412 g/mol. The van der Waals surface area contributed by atoms with Gasteiger partial charge in [-0.25, -0.2) is 13.6 Å². The second-order valence-corrected chi connectivity index (χ2v) is 9.02. The number of hydrogen-bond acceptors (Lipinski definition) is 5. The Morgan fingerprint density at radius 2 is 1.76 bits per heavy atom. The van der Waals surface area contributed by atoms with Gasteiger partial charge in [0.1, 0.15) is 11.6 Å². The molecule has 0 unspecified atom stereocenters. The van der Waals surface area contributed by atoms with Gasteiger partial charge in [-0.3, -0.25) is 4.79 Å². The van der Waals surface area contributed by atoms with Gasteiger partial charge < -0.3 is 15.5 Å². The molecule has 0 aromatic carbocycles. The Labute approximate surface area is 170 Å². The van der Waals surface area contributed by atoms with E-state index in [0.717, 1.165) is 12.8 Å². The third-order valence-electron chi connectivity index (χ3n) is 6.41. The van der Waals surface area contributed by atoms with Crippen LogP contribution in [0.4, 0.5) is 13.6 Å². The van der Waals surface area contributed by atoms with Crippen molar-refractivity contribution in [3.63, 3.8) is 0 Å². The number of amides is 2. The van der Waals surface area contributed by atoms with Crippen molar-refractivity contribution < 1.29 is 23.2 Å². The molecule has 1 atom stereocenters. The topological polar surface area (TPSA) is 94.5 Å². The second-order valence-electron chi connectivity index (χ2n) is 9.02. The highest BCUT2D eigenvalue weighted by Gasteiger charge is 2.46. The molecule has 0 radical (unpaired) electrons. The average Bonchev–Trinajstić information content (AvgIpc) is 3.43. The fourth-order valence-corrected chi connectivity index (χ4v) is 4.42. The number of alkyl halides is 2. The molecule has 3 aliphatic rings. The minimum Gasteiger partial charge on any atom is -0.351 e. The molecule has 2 aliphatic carbocycles. The van der Waals surface area contributed by atoms with Crippen LogP contribution in [0.1, 0.15) is 71.1 Å². The van der Waals surface area contributed by atoms with Crippen LogP contribution < -0.4 is 10.6 Å². The maximum atomic E-state index is 13.5. The molecule has 0 bridgehead atoms. The number of carbonyl (C=O) groups excluding carboxylic acids is 2. The van der Waals surface area contributed by atoms with E-state index in [1.165, 1.54) is 32.1 Å². The number of nitrogens with one attached hydrogen (secondary N) is 2. The van der Waals surface area contributed by atoms with Gasteiger partial charge >= 0.3 is 6.09 Å². The normalized spacial score (nSPS) is 24.2. The predicted octanol–water partition coefficient (Wildman–Crippen LogP) is 3.26. The summed E-state index contributed by atoms with van der Waals surface area (Å²) in [7, 11) is 0. The Hall–Kier alpha value is -1.95. The van der Waals surface area contributed by atoms with E-state index in [1.807, 2.05) is 6.07 Å². The van der Waals surface area contributed by atoms with Crippen LogP contribution in [0.3, 0.4) is 0 Å². The van der Waals surface area contributed by atoms with Gasteiger partial charge in [0.25, 0.3) is 0 Å². The van der Waals surface area contributed by atoms with E-state index in [2.05, 4.69) is 10.6 Å². The lowest BCUT2D eigenvalue weighted by Gasteiger charge is -2.43. The summed E-state index contributed by atoms with van der Waals surface area (Å²) in [4.78, 5) is 29.9. The smallest absolute Gasteiger partial charge is 0.351 e. The van der Waals surface area contributed by atoms with Crippen LogP contribution in [0, 0.1) is 16.7 Å². The number of rotatable bonds is 6. The third kappa shape index (κ3) is 6.01. The summed E-state index contributed by atoms with van der Waals surface area (Å²) >= 11 is 0. The first-order valence-corrected chi connectivity index (χ1v) is 10.5. The number of piperidine rings is 1. The van der Waals surface area contributed by atoms with Crippen molar-refractivity contribution in [3.8, 4) is 6.07 Å². The monoisotopic (exact) mass is 412 g/mol. The number of halogens is 2. The van der Waals surface area contributed by atoms with Gasteiger partial charge in [-0.2, -0.15) is 5.26 Å². The molecule has 2 amide bonds. The van der Waals surface area contributed by atoms with Crippen molar-refractivity contribution in [1.29, 1.82) is 5.26 Å². The highest BCUT2D eigenvalue weighted by Crippen LogP contribution is 2.44. The number of nitriles is 1. The molecule has 0 aromatic heterocycles. The van der Waals surface area contributed by atoms with Crippen molar-refractivity contribution in [2.24, 2.45) is 5.41 Å². The molecule has 1 aliphatic heterocycles. The van der Waals surface area contributed by atoms with Gasteiger partial charge in [-0.05, 0) is 50.9 Å². The quantitative estimate of drug-likeness (QED) is 0.698. The standard InChI is InChI=1S/C20H30F2N4O3/c1-18(21,22)13-15(16(27)25-20(14-23)7-8-20)24-17(28)29-26-11-9-19(10-12-26)5-3-2-4-6-19/h15H,2-13H2,1H3,(H,24,28)(H,25,27)/t15-/m0/s1. The molecule has 3 fully saturated rings. The van der Waals surface area contributed by atoms with E-state index < -0.39 is 35.9 Å². The first-order valence-electron chi connectivity index (χ1n) is 10.5. The van der Waals surface area contributed by atoms with Crippen LogP contribution in [0.5, 0.6) is 0 Å². The zero-order valence-corrected chi connectivity index (χ0v) is 16.9. The maximum Gasteiger partial charge on any atom is 0.426 e. The van der Waals surface area contributed by atoms with Gasteiger partial charge in [0.2, 0.25) is 11.8 Å². The molecule has 2 N–H and O–H groups in total. The van der Waals surface area contributed by atoms with Crippen molar-refractivity contribution in [3.05, 3.63) is 0 Å². The Kier molecular flexibility index (Phi) is 6.32. The van der Waals surface area contributed by atoms with Gasteiger partial charge in [-0.1, -0.05) is 19.3 Å². The fraction of sp³-hybridized carbons (Fsp3) is 0.850. The molecule has 2 saturated carbocycles. The summed E-state index contributed by atoms with van der Waals surface area (Å²) in [5, 5.41) is 15.4. The Morgan fingerprint density at radius 1 is 1.14 bits per heavy atom. The zero-order valence-electron chi connectivity index (χ0n) is 16.9. The lowest BCUT2D eigenvalue weighted by Crippen LogP contribution is -2.53. The largest absolute Gasteiger partial charge is 0.426 e. The van der Waals surface area contributed by atoms with Crippen molar-refractivity contribution in [2.75, 3.05) is 13.1 Å². The molecule has 162 valence electrons. The zero-order chi connectivity index (χ0) is 21.1. The van der Waals surface area contributed by atoms with E-state index in [1.54, 1.807) is 5.06 Å². The molecule has 0 aromatic rings. The number of hydrogen-bond donors (Lipinski definition) is 2. The first-order chi connectivity index (χ1) is 13.6. The van der Waals surface area contributed by atoms with Crippen LogP contribution in [-0.2, 0) is 9.63 Å². The Morgan fingerprint density at radius 3 is 2.28 bits per heavy atom. The highest BCUT2D eigenvalue weighted by atomic mass is 19.3. The lowest BCUT2D eigenvalue weighted by molar-refractivity contribution is -0.139. The molecule has 29 heavy (non-hydrogen) atoms. The van der Waals surface area contributed by atoms with Gasteiger partial charge in [0.15, 0.2) is 0 Å². The van der Waals surface area contributed by atoms with Crippen molar-refractivity contribution in [1.82, 2.24) is 15.7 Å². The van der Waals surface area contributed by atoms with Crippen LogP contribution in [0.2, 0.25) is 0 Å². The van der Waals surface area contributed by atoms with E-state index in [-0.39, 0.29) is 0 Å². The van der Waals surface area contributed by atoms with Gasteiger partial charge in [0, 0.05) is 19.5 Å². The highest BCUT2D eigenvalue weighted by molar-refractivity contribution is 5.86. The molecule has 1 saturated heterocycles. The van der Waals surface area contributed by atoms with E-state index in [4.69, 9.17) is 10.1 Å². The minimum atomic E-state index is -3.16. The third-order valence-corrected chi connectivity index (χ3v) is 6.41. The van der Waals surface area contributed by atoms with Crippen LogP contribution in [0.15, 0.2) is 0 Å². The number of hydroxylamine groups is 2. The van der Waals surface area contributed by atoms with E-state index in [9.17, 15) is 18.4 Å². The number of nitrogens with zero attached hydrogens (tertiary/aromatic N) is 2.